The first-order valence-corrected chi connectivity index (χ1v) is 13.5. The molecule has 0 radical (unpaired) electrons. The number of rotatable bonds is 8. The van der Waals surface area contributed by atoms with E-state index in [0.29, 0.717) is 73.1 Å². The molecule has 0 atom stereocenters. The van der Waals surface area contributed by atoms with Gasteiger partial charge in [0.25, 0.3) is 0 Å². The summed E-state index contributed by atoms with van der Waals surface area (Å²) < 4.78 is 30.5. The molecule has 0 saturated carbocycles. The first-order chi connectivity index (χ1) is 20.0. The first-order valence-electron chi connectivity index (χ1n) is 13.5. The van der Waals surface area contributed by atoms with E-state index in [9.17, 15) is 19.1 Å². The summed E-state index contributed by atoms with van der Waals surface area (Å²) in [5, 5.41) is 13.8. The number of aliphatic carboxylic acids is 1. The molecule has 0 aliphatic carbocycles. The lowest BCUT2D eigenvalue weighted by molar-refractivity contribution is -0.152. The third kappa shape index (κ3) is 4.72. The topological polar surface area (TPSA) is 149 Å². The monoisotopic (exact) mass is 578 g/mol. The summed E-state index contributed by atoms with van der Waals surface area (Å²) in [5.41, 5.74) is 7.34. The van der Waals surface area contributed by atoms with Crippen molar-refractivity contribution in [1.82, 2.24) is 28.6 Å². The molecule has 0 bridgehead atoms. The van der Waals surface area contributed by atoms with Crippen LogP contribution in [0.3, 0.4) is 0 Å². The maximum Gasteiger partial charge on any atom is 0.347 e. The zero-order valence-corrected chi connectivity index (χ0v) is 23.5. The lowest BCUT2D eigenvalue weighted by atomic mass is 10.1. The van der Waals surface area contributed by atoms with Crippen molar-refractivity contribution >= 4 is 34.3 Å². The number of aromatic nitrogens is 5. The zero-order chi connectivity index (χ0) is 29.8. The van der Waals surface area contributed by atoms with Crippen LogP contribution in [0.2, 0.25) is 0 Å². The van der Waals surface area contributed by atoms with Crippen molar-refractivity contribution in [2.24, 2.45) is 7.05 Å². The SMILES string of the molecule is Cn1c(=O)n(CCN2CCN(c3ccc(OC(C)(C)C(=O)O)cc3F)CC2)c2nc(N)n3nc(-c4ccco4)cc3c21. The Morgan fingerprint density at radius 3 is 2.60 bits per heavy atom. The fourth-order valence-electron chi connectivity index (χ4n) is 5.27. The van der Waals surface area contributed by atoms with E-state index in [4.69, 9.17) is 14.9 Å². The van der Waals surface area contributed by atoms with Crippen molar-refractivity contribution in [3.8, 4) is 17.2 Å². The second-order valence-electron chi connectivity index (χ2n) is 10.8. The van der Waals surface area contributed by atoms with Gasteiger partial charge >= 0.3 is 11.7 Å². The van der Waals surface area contributed by atoms with Crippen molar-refractivity contribution in [3.63, 3.8) is 0 Å². The van der Waals surface area contributed by atoms with E-state index in [1.165, 1.54) is 24.4 Å². The summed E-state index contributed by atoms with van der Waals surface area (Å²) in [4.78, 5) is 33.3. The number of nitrogen functional groups attached to an aromatic ring is 1. The van der Waals surface area contributed by atoms with Crippen molar-refractivity contribution in [1.29, 1.82) is 0 Å². The van der Waals surface area contributed by atoms with Crippen molar-refractivity contribution in [2.75, 3.05) is 43.4 Å². The predicted octanol–water partition coefficient (Wildman–Crippen LogP) is 2.43. The molecular weight excluding hydrogens is 547 g/mol. The number of halogens is 1. The number of nitrogens with two attached hydrogens (primary N) is 1. The van der Waals surface area contributed by atoms with Crippen LogP contribution in [0.25, 0.3) is 28.1 Å². The molecule has 0 amide bonds. The van der Waals surface area contributed by atoms with Gasteiger partial charge in [0, 0.05) is 52.4 Å². The summed E-state index contributed by atoms with van der Waals surface area (Å²) >= 11 is 0. The van der Waals surface area contributed by atoms with Crippen LogP contribution in [-0.2, 0) is 18.4 Å². The number of carboxylic acids is 1. The number of fused-ring (bicyclic) bond motifs is 3. The normalized spacial score (nSPS) is 14.7. The fraction of sp³-hybridized carbons (Fsp3) is 0.357. The number of anilines is 2. The number of benzene rings is 1. The second-order valence-corrected chi connectivity index (χ2v) is 10.8. The Balaban J connectivity index is 1.15. The van der Waals surface area contributed by atoms with Crippen LogP contribution in [0.15, 0.2) is 51.9 Å². The van der Waals surface area contributed by atoms with E-state index in [1.54, 1.807) is 46.7 Å². The Labute approximate surface area is 239 Å². The molecule has 6 rings (SSSR count). The van der Waals surface area contributed by atoms with Gasteiger partial charge in [-0.05, 0) is 44.2 Å². The Morgan fingerprint density at radius 2 is 1.93 bits per heavy atom. The Bertz CT molecular complexity index is 1850. The van der Waals surface area contributed by atoms with Crippen LogP contribution in [-0.4, -0.2) is 78.0 Å². The molecule has 14 heteroatoms. The highest BCUT2D eigenvalue weighted by molar-refractivity contribution is 5.91. The average Bonchev–Trinajstić information content (AvgIpc) is 3.68. The van der Waals surface area contributed by atoms with E-state index in [2.05, 4.69) is 15.0 Å². The number of imidazole rings is 1. The molecule has 1 aromatic carbocycles. The van der Waals surface area contributed by atoms with Gasteiger partial charge in [0.15, 0.2) is 17.0 Å². The third-order valence-corrected chi connectivity index (χ3v) is 7.64. The number of ether oxygens (including phenoxy) is 1. The standard InChI is InChI=1S/C28H31FN8O5/c1-28(2,25(38)39)42-17-6-7-20(18(29)15-17)35-11-8-34(9-12-35)10-13-36-24-23(33(3)27(36)40)21-16-19(22-5-4-14-41-22)32-37(21)26(30)31-24/h4-7,14-16H,8-13H2,1-3H3,(H2,30,31)(H,38,39). The number of furan rings is 1. The predicted molar refractivity (Wildman–Crippen MR) is 153 cm³/mol. The van der Waals surface area contributed by atoms with E-state index in [-0.39, 0.29) is 17.4 Å². The minimum absolute atomic E-state index is 0.155. The van der Waals surface area contributed by atoms with Crippen LogP contribution in [0.1, 0.15) is 13.8 Å². The van der Waals surface area contributed by atoms with E-state index >= 15 is 0 Å². The van der Waals surface area contributed by atoms with Gasteiger partial charge in [-0.2, -0.15) is 14.6 Å². The number of aryl methyl sites for hydroxylation is 1. The van der Waals surface area contributed by atoms with Gasteiger partial charge in [0.05, 0.1) is 17.5 Å². The van der Waals surface area contributed by atoms with Crippen LogP contribution in [0, 0.1) is 5.82 Å². The Morgan fingerprint density at radius 1 is 1.17 bits per heavy atom. The molecule has 4 aromatic heterocycles. The average molecular weight is 579 g/mol. The zero-order valence-electron chi connectivity index (χ0n) is 23.5. The molecule has 5 aromatic rings. The summed E-state index contributed by atoms with van der Waals surface area (Å²) in [7, 11) is 1.70. The molecule has 1 saturated heterocycles. The Kier molecular flexibility index (Phi) is 6.64. The van der Waals surface area contributed by atoms with Gasteiger partial charge in [0.1, 0.15) is 22.8 Å². The number of nitrogens with zero attached hydrogens (tertiary/aromatic N) is 7. The molecule has 1 aliphatic heterocycles. The summed E-state index contributed by atoms with van der Waals surface area (Å²) in [5.74, 6) is -0.714. The second kappa shape index (κ2) is 10.2. The largest absolute Gasteiger partial charge is 0.478 e. The molecule has 1 fully saturated rings. The lowest BCUT2D eigenvalue weighted by Crippen LogP contribution is -2.47. The smallest absolute Gasteiger partial charge is 0.347 e. The first kappa shape index (κ1) is 27.3. The molecule has 42 heavy (non-hydrogen) atoms. The summed E-state index contributed by atoms with van der Waals surface area (Å²) in [6.45, 7) is 6.31. The molecule has 0 unspecified atom stereocenters. The molecule has 1 aliphatic rings. The van der Waals surface area contributed by atoms with Crippen LogP contribution in [0.4, 0.5) is 16.0 Å². The maximum absolute atomic E-state index is 14.9. The molecular formula is C28H31FN8O5. The number of piperazine rings is 1. The van der Waals surface area contributed by atoms with Crippen molar-refractivity contribution < 1.29 is 23.4 Å². The van der Waals surface area contributed by atoms with Gasteiger partial charge in [0.2, 0.25) is 5.95 Å². The molecule has 13 nitrogen and oxygen atoms in total. The van der Waals surface area contributed by atoms with Crippen LogP contribution < -0.4 is 21.1 Å². The molecule has 3 N–H and O–H groups in total. The highest BCUT2D eigenvalue weighted by Gasteiger charge is 2.30. The molecule has 0 spiro atoms. The maximum atomic E-state index is 14.9. The molecule has 5 heterocycles. The number of carboxylic acid groups (broad SMARTS) is 1. The van der Waals surface area contributed by atoms with Gasteiger partial charge in [-0.25, -0.2) is 14.0 Å². The third-order valence-electron chi connectivity index (χ3n) is 7.64. The van der Waals surface area contributed by atoms with E-state index < -0.39 is 17.4 Å². The lowest BCUT2D eigenvalue weighted by Gasteiger charge is -2.36. The van der Waals surface area contributed by atoms with Gasteiger partial charge in [-0.15, -0.1) is 0 Å². The Hall–Kier alpha value is -4.85. The van der Waals surface area contributed by atoms with E-state index in [0.717, 1.165) is 0 Å². The minimum atomic E-state index is -1.47. The highest BCUT2D eigenvalue weighted by atomic mass is 19.1. The van der Waals surface area contributed by atoms with Crippen LogP contribution >= 0.6 is 0 Å². The highest BCUT2D eigenvalue weighted by Crippen LogP contribution is 2.28. The minimum Gasteiger partial charge on any atom is -0.478 e. The number of hydrogen-bond donors (Lipinski definition) is 2. The molecule has 220 valence electrons. The quantitative estimate of drug-likeness (QED) is 0.281. The summed E-state index contributed by atoms with van der Waals surface area (Å²) in [6, 6.07) is 9.80. The van der Waals surface area contributed by atoms with Crippen molar-refractivity contribution in [3.05, 3.63) is 59.0 Å². The van der Waals surface area contributed by atoms with Crippen LogP contribution in [0.5, 0.6) is 5.75 Å². The van der Waals surface area contributed by atoms with E-state index in [1.807, 2.05) is 11.0 Å². The van der Waals surface area contributed by atoms with Gasteiger partial charge in [-0.3, -0.25) is 14.0 Å². The fourth-order valence-corrected chi connectivity index (χ4v) is 5.27. The number of carbonyl (C=O) groups is 1. The van der Waals surface area contributed by atoms with Crippen molar-refractivity contribution in [2.45, 2.75) is 26.0 Å². The van der Waals surface area contributed by atoms with Gasteiger partial charge in [-0.1, -0.05) is 0 Å². The van der Waals surface area contributed by atoms with Gasteiger partial charge < -0.3 is 24.9 Å². The summed E-state index contributed by atoms with van der Waals surface area (Å²) in [6.07, 6.45) is 1.56. The number of hydrogen-bond acceptors (Lipinski definition) is 9.